The molecule has 1 aliphatic rings. The number of aromatic nitrogens is 1. The summed E-state index contributed by atoms with van der Waals surface area (Å²) in [7, 11) is 0. The first kappa shape index (κ1) is 13.4. The largest absolute Gasteiger partial charge is 0.326 e. The Kier molecular flexibility index (Phi) is 3.64. The van der Waals surface area contributed by atoms with Gasteiger partial charge >= 0.3 is 0 Å². The number of benzene rings is 1. The summed E-state index contributed by atoms with van der Waals surface area (Å²) in [6.45, 7) is 3.55. The zero-order valence-electron chi connectivity index (χ0n) is 11.6. The van der Waals surface area contributed by atoms with Crippen LogP contribution in [0.1, 0.15) is 23.1 Å². The Morgan fingerprint density at radius 2 is 2.20 bits per heavy atom. The fourth-order valence-corrected chi connectivity index (χ4v) is 2.92. The molecule has 0 atom stereocenters. The number of hydrogen-bond acceptors (Lipinski definition) is 3. The zero-order chi connectivity index (χ0) is 14.1. The summed E-state index contributed by atoms with van der Waals surface area (Å²) >= 11 is 6.10. The van der Waals surface area contributed by atoms with E-state index in [1.165, 1.54) is 16.8 Å². The highest BCUT2D eigenvalue weighted by Gasteiger charge is 2.19. The summed E-state index contributed by atoms with van der Waals surface area (Å²) in [5.41, 5.74) is 10.6. The molecule has 3 rings (SSSR count). The van der Waals surface area contributed by atoms with Crippen molar-refractivity contribution in [2.45, 2.75) is 26.3 Å². The Morgan fingerprint density at radius 1 is 1.35 bits per heavy atom. The van der Waals surface area contributed by atoms with Crippen LogP contribution >= 0.6 is 11.6 Å². The van der Waals surface area contributed by atoms with Gasteiger partial charge in [-0.2, -0.15) is 0 Å². The average Bonchev–Trinajstić information content (AvgIpc) is 2.47. The molecule has 1 aliphatic heterocycles. The molecule has 0 unspecified atom stereocenters. The van der Waals surface area contributed by atoms with Crippen molar-refractivity contribution >= 4 is 23.1 Å². The van der Waals surface area contributed by atoms with E-state index in [0.29, 0.717) is 11.6 Å². The van der Waals surface area contributed by atoms with Gasteiger partial charge in [0.25, 0.3) is 0 Å². The van der Waals surface area contributed by atoms with E-state index in [2.05, 4.69) is 35.0 Å². The molecule has 0 bridgehead atoms. The van der Waals surface area contributed by atoms with Crippen LogP contribution in [0.15, 0.2) is 30.5 Å². The van der Waals surface area contributed by atoms with Crippen LogP contribution in [0.25, 0.3) is 0 Å². The molecule has 2 N–H and O–H groups in total. The van der Waals surface area contributed by atoms with Crippen LogP contribution in [0.4, 0.5) is 11.5 Å². The summed E-state index contributed by atoms with van der Waals surface area (Å²) in [4.78, 5) is 6.73. The monoisotopic (exact) mass is 287 g/mol. The third-order valence-corrected chi connectivity index (χ3v) is 4.11. The molecule has 20 heavy (non-hydrogen) atoms. The van der Waals surface area contributed by atoms with Crippen molar-refractivity contribution in [1.29, 1.82) is 0 Å². The summed E-state index contributed by atoms with van der Waals surface area (Å²) in [5.74, 6) is 0.930. The lowest BCUT2D eigenvalue weighted by Gasteiger charge is -2.31. The Balaban J connectivity index is 2.04. The van der Waals surface area contributed by atoms with E-state index in [4.69, 9.17) is 17.3 Å². The standard InChI is InChI=1S/C16H18ClN3/c1-11-4-5-15-12(7-11)3-2-6-20(15)16-8-13(9-18)14(17)10-19-16/h4-5,7-8,10H,2-3,6,9,18H2,1H3. The second-order valence-electron chi connectivity index (χ2n) is 5.23. The fraction of sp³-hybridized carbons (Fsp3) is 0.312. The molecular formula is C16H18ClN3. The topological polar surface area (TPSA) is 42.1 Å². The highest BCUT2D eigenvalue weighted by Crippen LogP contribution is 2.34. The van der Waals surface area contributed by atoms with Crippen molar-refractivity contribution in [3.8, 4) is 0 Å². The number of nitrogens with zero attached hydrogens (tertiary/aromatic N) is 2. The number of nitrogens with two attached hydrogens (primary N) is 1. The molecule has 1 aromatic heterocycles. The van der Waals surface area contributed by atoms with E-state index in [-0.39, 0.29) is 0 Å². The third-order valence-electron chi connectivity index (χ3n) is 3.77. The lowest BCUT2D eigenvalue weighted by molar-refractivity contribution is 0.758. The predicted molar refractivity (Wildman–Crippen MR) is 83.6 cm³/mol. The van der Waals surface area contributed by atoms with E-state index >= 15 is 0 Å². The predicted octanol–water partition coefficient (Wildman–Crippen LogP) is 3.59. The normalized spacial score (nSPS) is 14.2. The van der Waals surface area contributed by atoms with Crippen LogP contribution in [0, 0.1) is 6.92 Å². The minimum atomic E-state index is 0.433. The second kappa shape index (κ2) is 5.43. The van der Waals surface area contributed by atoms with Gasteiger partial charge in [0.05, 0.1) is 5.02 Å². The van der Waals surface area contributed by atoms with E-state index in [0.717, 1.165) is 30.8 Å². The first-order chi connectivity index (χ1) is 9.69. The van der Waals surface area contributed by atoms with Crippen molar-refractivity contribution < 1.29 is 0 Å². The Bertz CT molecular complexity index is 640. The number of hydrogen-bond donors (Lipinski definition) is 1. The van der Waals surface area contributed by atoms with Gasteiger partial charge in [-0.15, -0.1) is 0 Å². The molecular weight excluding hydrogens is 270 g/mol. The molecule has 0 amide bonds. The van der Waals surface area contributed by atoms with E-state index in [1.807, 2.05) is 6.07 Å². The van der Waals surface area contributed by atoms with E-state index in [9.17, 15) is 0 Å². The van der Waals surface area contributed by atoms with Gasteiger partial charge in [-0.1, -0.05) is 29.3 Å². The van der Waals surface area contributed by atoms with Gasteiger partial charge < -0.3 is 10.6 Å². The molecule has 0 spiro atoms. The highest BCUT2D eigenvalue weighted by molar-refractivity contribution is 6.31. The highest BCUT2D eigenvalue weighted by atomic mass is 35.5. The van der Waals surface area contributed by atoms with Crippen molar-refractivity contribution in [2.24, 2.45) is 5.73 Å². The lowest BCUT2D eigenvalue weighted by Crippen LogP contribution is -2.25. The van der Waals surface area contributed by atoms with E-state index in [1.54, 1.807) is 6.20 Å². The maximum absolute atomic E-state index is 6.10. The number of fused-ring (bicyclic) bond motifs is 1. The van der Waals surface area contributed by atoms with Crippen molar-refractivity contribution in [2.75, 3.05) is 11.4 Å². The summed E-state index contributed by atoms with van der Waals surface area (Å²) in [6, 6.07) is 8.59. The van der Waals surface area contributed by atoms with Gasteiger partial charge in [0.15, 0.2) is 0 Å². The van der Waals surface area contributed by atoms with E-state index < -0.39 is 0 Å². The number of halogens is 1. The van der Waals surface area contributed by atoms with Crippen LogP contribution in [0.3, 0.4) is 0 Å². The average molecular weight is 288 g/mol. The Labute approximate surface area is 124 Å². The van der Waals surface area contributed by atoms with Crippen molar-refractivity contribution in [1.82, 2.24) is 4.98 Å². The van der Waals surface area contributed by atoms with Gasteiger partial charge in [0, 0.05) is 25.0 Å². The fourth-order valence-electron chi connectivity index (χ4n) is 2.74. The van der Waals surface area contributed by atoms with Crippen LogP contribution in [0.2, 0.25) is 5.02 Å². The van der Waals surface area contributed by atoms with Crippen LogP contribution in [0.5, 0.6) is 0 Å². The van der Waals surface area contributed by atoms with Gasteiger partial charge in [-0.05, 0) is 43.0 Å². The minimum absolute atomic E-state index is 0.433. The molecule has 2 heterocycles. The van der Waals surface area contributed by atoms with Crippen molar-refractivity contribution in [3.05, 3.63) is 52.2 Å². The summed E-state index contributed by atoms with van der Waals surface area (Å²) in [5, 5.41) is 0.636. The minimum Gasteiger partial charge on any atom is -0.326 e. The molecule has 0 radical (unpaired) electrons. The molecule has 0 saturated heterocycles. The van der Waals surface area contributed by atoms with Crippen molar-refractivity contribution in [3.63, 3.8) is 0 Å². The molecule has 0 saturated carbocycles. The molecule has 0 aliphatic carbocycles. The number of anilines is 2. The van der Waals surface area contributed by atoms with Gasteiger partial charge in [-0.3, -0.25) is 0 Å². The maximum atomic E-state index is 6.10. The van der Waals surface area contributed by atoms with Gasteiger partial charge in [0.1, 0.15) is 5.82 Å². The molecule has 2 aromatic rings. The molecule has 104 valence electrons. The van der Waals surface area contributed by atoms with Gasteiger partial charge in [0.2, 0.25) is 0 Å². The number of aryl methyl sites for hydroxylation is 2. The zero-order valence-corrected chi connectivity index (χ0v) is 12.3. The van der Waals surface area contributed by atoms with Crippen LogP contribution in [-0.4, -0.2) is 11.5 Å². The van der Waals surface area contributed by atoms with Crippen LogP contribution in [-0.2, 0) is 13.0 Å². The molecule has 4 heteroatoms. The quantitative estimate of drug-likeness (QED) is 0.918. The maximum Gasteiger partial charge on any atom is 0.133 e. The molecule has 0 fully saturated rings. The Hall–Kier alpha value is -1.58. The molecule has 3 nitrogen and oxygen atoms in total. The lowest BCUT2D eigenvalue weighted by atomic mass is 9.99. The number of pyridine rings is 1. The SMILES string of the molecule is Cc1ccc2c(c1)CCCN2c1cc(CN)c(Cl)cn1. The number of rotatable bonds is 2. The van der Waals surface area contributed by atoms with Crippen LogP contribution < -0.4 is 10.6 Å². The van der Waals surface area contributed by atoms with Gasteiger partial charge in [-0.25, -0.2) is 4.98 Å². The summed E-state index contributed by atoms with van der Waals surface area (Å²) in [6.07, 6.45) is 3.96. The third kappa shape index (κ3) is 2.39. The first-order valence-electron chi connectivity index (χ1n) is 6.90. The second-order valence-corrected chi connectivity index (χ2v) is 5.63. The smallest absolute Gasteiger partial charge is 0.133 e. The summed E-state index contributed by atoms with van der Waals surface area (Å²) < 4.78 is 0. The Morgan fingerprint density at radius 3 is 3.00 bits per heavy atom. The molecule has 1 aromatic carbocycles. The first-order valence-corrected chi connectivity index (χ1v) is 7.28.